The molecule has 1 aromatic carbocycles. The van der Waals surface area contributed by atoms with Gasteiger partial charge in [-0.25, -0.2) is 0 Å². The fraction of sp³-hybridized carbons (Fsp3) is 0.385. The SMILES string of the molecule is COc1cccc(C(C#N)N(C)CCC(=O)O)c1. The summed E-state index contributed by atoms with van der Waals surface area (Å²) in [6.45, 7) is 0.324. The van der Waals surface area contributed by atoms with Crippen LogP contribution in [0, 0.1) is 11.3 Å². The maximum atomic E-state index is 10.5. The van der Waals surface area contributed by atoms with Gasteiger partial charge in [-0.2, -0.15) is 5.26 Å². The summed E-state index contributed by atoms with van der Waals surface area (Å²) in [6, 6.07) is 8.92. The molecule has 0 amide bonds. The number of aliphatic carboxylic acids is 1. The fourth-order valence-electron chi connectivity index (χ4n) is 1.64. The van der Waals surface area contributed by atoms with Gasteiger partial charge in [0.1, 0.15) is 11.8 Å². The highest BCUT2D eigenvalue weighted by Crippen LogP contribution is 2.22. The van der Waals surface area contributed by atoms with Crippen LogP contribution in [0.2, 0.25) is 0 Å². The number of nitriles is 1. The van der Waals surface area contributed by atoms with E-state index in [4.69, 9.17) is 9.84 Å². The van der Waals surface area contributed by atoms with Gasteiger partial charge in [0.2, 0.25) is 0 Å². The van der Waals surface area contributed by atoms with E-state index in [2.05, 4.69) is 6.07 Å². The lowest BCUT2D eigenvalue weighted by atomic mass is 10.1. The van der Waals surface area contributed by atoms with E-state index in [-0.39, 0.29) is 6.42 Å². The summed E-state index contributed by atoms with van der Waals surface area (Å²) in [5.41, 5.74) is 0.796. The molecule has 0 aromatic heterocycles. The normalized spacial score (nSPS) is 11.9. The van der Waals surface area contributed by atoms with Crippen LogP contribution in [0.1, 0.15) is 18.0 Å². The van der Waals surface area contributed by atoms with Crippen LogP contribution >= 0.6 is 0 Å². The fourth-order valence-corrected chi connectivity index (χ4v) is 1.64. The van der Waals surface area contributed by atoms with Gasteiger partial charge in [-0.3, -0.25) is 9.69 Å². The number of rotatable bonds is 6. The summed E-state index contributed by atoms with van der Waals surface area (Å²) in [7, 11) is 3.30. The van der Waals surface area contributed by atoms with Crippen LogP contribution in [0.3, 0.4) is 0 Å². The number of nitrogens with zero attached hydrogens (tertiary/aromatic N) is 2. The molecule has 5 heteroatoms. The average molecular weight is 248 g/mol. The van der Waals surface area contributed by atoms with E-state index in [9.17, 15) is 10.1 Å². The van der Waals surface area contributed by atoms with E-state index in [0.717, 1.165) is 5.56 Å². The first-order valence-electron chi connectivity index (χ1n) is 5.54. The van der Waals surface area contributed by atoms with E-state index in [1.165, 1.54) is 0 Å². The van der Waals surface area contributed by atoms with Gasteiger partial charge >= 0.3 is 5.97 Å². The number of carbonyl (C=O) groups is 1. The first-order valence-corrected chi connectivity index (χ1v) is 5.54. The van der Waals surface area contributed by atoms with Crippen molar-refractivity contribution < 1.29 is 14.6 Å². The minimum atomic E-state index is -0.871. The minimum absolute atomic E-state index is 0.0125. The Labute approximate surface area is 106 Å². The van der Waals surface area contributed by atoms with Crippen molar-refractivity contribution in [3.05, 3.63) is 29.8 Å². The largest absolute Gasteiger partial charge is 0.497 e. The predicted molar refractivity (Wildman–Crippen MR) is 66.2 cm³/mol. The van der Waals surface area contributed by atoms with Crippen molar-refractivity contribution in [1.82, 2.24) is 4.90 Å². The lowest BCUT2D eigenvalue weighted by Gasteiger charge is -2.22. The molecule has 0 saturated heterocycles. The second kappa shape index (κ2) is 6.62. The van der Waals surface area contributed by atoms with Crippen molar-refractivity contribution in [2.24, 2.45) is 0 Å². The van der Waals surface area contributed by atoms with Crippen molar-refractivity contribution in [3.63, 3.8) is 0 Å². The molecule has 1 unspecified atom stereocenters. The Kier molecular flexibility index (Phi) is 5.15. The van der Waals surface area contributed by atoms with E-state index < -0.39 is 12.0 Å². The maximum absolute atomic E-state index is 10.5. The zero-order chi connectivity index (χ0) is 13.5. The Morgan fingerprint density at radius 3 is 2.89 bits per heavy atom. The molecule has 18 heavy (non-hydrogen) atoms. The first kappa shape index (κ1) is 14.0. The molecular weight excluding hydrogens is 232 g/mol. The molecule has 0 aliphatic carbocycles. The topological polar surface area (TPSA) is 73.6 Å². The van der Waals surface area contributed by atoms with Crippen LogP contribution in [0.15, 0.2) is 24.3 Å². The van der Waals surface area contributed by atoms with Gasteiger partial charge in [-0.05, 0) is 24.7 Å². The molecule has 0 spiro atoms. The third kappa shape index (κ3) is 3.75. The second-order valence-corrected chi connectivity index (χ2v) is 3.93. The second-order valence-electron chi connectivity index (χ2n) is 3.93. The maximum Gasteiger partial charge on any atom is 0.304 e. The van der Waals surface area contributed by atoms with E-state index in [0.29, 0.717) is 12.3 Å². The monoisotopic (exact) mass is 248 g/mol. The van der Waals surface area contributed by atoms with Crippen LogP contribution in [0.25, 0.3) is 0 Å². The average Bonchev–Trinajstić information content (AvgIpc) is 2.37. The highest BCUT2D eigenvalue weighted by Gasteiger charge is 2.17. The van der Waals surface area contributed by atoms with Gasteiger partial charge in [0.05, 0.1) is 19.6 Å². The highest BCUT2D eigenvalue weighted by molar-refractivity contribution is 5.66. The zero-order valence-electron chi connectivity index (χ0n) is 10.5. The summed E-state index contributed by atoms with van der Waals surface area (Å²) in [5, 5.41) is 17.8. The molecule has 0 radical (unpaired) electrons. The van der Waals surface area contributed by atoms with Gasteiger partial charge in [-0.1, -0.05) is 12.1 Å². The van der Waals surface area contributed by atoms with E-state index in [1.54, 1.807) is 31.2 Å². The molecule has 0 bridgehead atoms. The van der Waals surface area contributed by atoms with Gasteiger partial charge in [0, 0.05) is 6.54 Å². The Balaban J connectivity index is 2.81. The number of carboxylic acids is 1. The summed E-state index contributed by atoms with van der Waals surface area (Å²) in [5.74, 6) is -0.191. The van der Waals surface area contributed by atoms with Crippen LogP contribution < -0.4 is 4.74 Å². The van der Waals surface area contributed by atoms with Gasteiger partial charge < -0.3 is 9.84 Å². The number of hydrogen-bond acceptors (Lipinski definition) is 4. The van der Waals surface area contributed by atoms with Crippen molar-refractivity contribution in [3.8, 4) is 11.8 Å². The molecule has 1 atom stereocenters. The molecule has 0 aliphatic rings. The van der Waals surface area contributed by atoms with Gasteiger partial charge in [0.15, 0.2) is 0 Å². The Bertz CT molecular complexity index is 454. The van der Waals surface area contributed by atoms with E-state index >= 15 is 0 Å². The number of methoxy groups -OCH3 is 1. The molecule has 96 valence electrons. The summed E-state index contributed by atoms with van der Waals surface area (Å²) in [6.07, 6.45) is 0.0125. The molecule has 1 aromatic rings. The van der Waals surface area contributed by atoms with Crippen molar-refractivity contribution in [2.75, 3.05) is 20.7 Å². The van der Waals surface area contributed by atoms with Crippen molar-refractivity contribution in [1.29, 1.82) is 5.26 Å². The quantitative estimate of drug-likeness (QED) is 0.828. The van der Waals surface area contributed by atoms with E-state index in [1.807, 2.05) is 12.1 Å². The van der Waals surface area contributed by atoms with Crippen LogP contribution in [0.5, 0.6) is 5.75 Å². The van der Waals surface area contributed by atoms with Gasteiger partial charge in [-0.15, -0.1) is 0 Å². The zero-order valence-corrected chi connectivity index (χ0v) is 10.5. The lowest BCUT2D eigenvalue weighted by Crippen LogP contribution is -2.26. The van der Waals surface area contributed by atoms with Crippen LogP contribution in [-0.4, -0.2) is 36.7 Å². The van der Waals surface area contributed by atoms with Crippen molar-refractivity contribution >= 4 is 5.97 Å². The Hall–Kier alpha value is -2.06. The molecule has 0 aliphatic heterocycles. The summed E-state index contributed by atoms with van der Waals surface area (Å²) < 4.78 is 5.11. The standard InChI is InChI=1S/C13H16N2O3/c1-15(7-6-13(16)17)12(9-14)10-4-3-5-11(8-10)18-2/h3-5,8,12H,6-7H2,1-2H3,(H,16,17). The predicted octanol–water partition coefficient (Wildman–Crippen LogP) is 1.67. The third-order valence-corrected chi connectivity index (χ3v) is 2.65. The number of benzene rings is 1. The van der Waals surface area contributed by atoms with Crippen molar-refractivity contribution in [2.45, 2.75) is 12.5 Å². The molecule has 5 nitrogen and oxygen atoms in total. The number of carboxylic acid groups (broad SMARTS) is 1. The first-order chi connectivity index (χ1) is 8.58. The molecular formula is C13H16N2O3. The molecule has 0 heterocycles. The molecule has 1 rings (SSSR count). The Morgan fingerprint density at radius 2 is 2.33 bits per heavy atom. The molecule has 0 fully saturated rings. The summed E-state index contributed by atoms with van der Waals surface area (Å²) >= 11 is 0. The number of ether oxygens (including phenoxy) is 1. The third-order valence-electron chi connectivity index (χ3n) is 2.65. The van der Waals surface area contributed by atoms with Crippen LogP contribution in [0.4, 0.5) is 0 Å². The summed E-state index contributed by atoms with van der Waals surface area (Å²) in [4.78, 5) is 12.2. The van der Waals surface area contributed by atoms with Gasteiger partial charge in [0.25, 0.3) is 0 Å². The Morgan fingerprint density at radius 1 is 1.61 bits per heavy atom. The molecule has 1 N–H and O–H groups in total. The number of hydrogen-bond donors (Lipinski definition) is 1. The highest BCUT2D eigenvalue weighted by atomic mass is 16.5. The lowest BCUT2D eigenvalue weighted by molar-refractivity contribution is -0.137. The molecule has 0 saturated carbocycles. The van der Waals surface area contributed by atoms with Crippen LogP contribution in [-0.2, 0) is 4.79 Å². The minimum Gasteiger partial charge on any atom is -0.497 e. The smallest absolute Gasteiger partial charge is 0.304 e.